The highest BCUT2D eigenvalue weighted by Gasteiger charge is 2.34. The van der Waals surface area contributed by atoms with E-state index >= 15 is 4.39 Å². The van der Waals surface area contributed by atoms with Gasteiger partial charge < -0.3 is 39.9 Å². The standard InChI is InChI=1S/C46H51FN6O9/c1-46(2,3)62-44(58)48-25-32-27-53(45(59)61-32)31-15-16-39(38(47)24-31)51-19-21-52(22-20-51)42(56)18-17-40(54)29-9-8-10-30(23-29)50-49-26-41(55)43(57)60-28-37-35-13-6-4-11-33(35)34-12-5-7-14-36(34)37/h4-16,23-24,32,37,40,49-50,54H,17-22,25-28H2,1-3H3,(H,48,58)/t32-,40?/m0/s1. The highest BCUT2D eigenvalue weighted by atomic mass is 19.1. The number of amides is 3. The number of aliphatic hydroxyl groups is 1. The molecule has 2 atom stereocenters. The molecule has 1 unspecified atom stereocenters. The Balaban J connectivity index is 0.812. The van der Waals surface area contributed by atoms with Gasteiger partial charge in [0.15, 0.2) is 0 Å². The lowest BCUT2D eigenvalue weighted by Gasteiger charge is -2.36. The topological polar surface area (TPSA) is 179 Å². The number of ether oxygens (including phenoxy) is 3. The minimum Gasteiger partial charge on any atom is -0.459 e. The number of fused-ring (bicyclic) bond motifs is 3. The van der Waals surface area contributed by atoms with Gasteiger partial charge in [0.2, 0.25) is 5.91 Å². The van der Waals surface area contributed by atoms with E-state index in [-0.39, 0.29) is 50.9 Å². The highest BCUT2D eigenvalue weighted by molar-refractivity contribution is 6.34. The molecule has 326 valence electrons. The maximum absolute atomic E-state index is 15.4. The van der Waals surface area contributed by atoms with Gasteiger partial charge in [-0.25, -0.2) is 24.2 Å². The van der Waals surface area contributed by atoms with Crippen molar-refractivity contribution in [3.05, 3.63) is 114 Å². The Morgan fingerprint density at radius 3 is 2.27 bits per heavy atom. The molecule has 2 fully saturated rings. The van der Waals surface area contributed by atoms with Crippen molar-refractivity contribution >= 4 is 46.9 Å². The summed E-state index contributed by atoms with van der Waals surface area (Å²) < 4.78 is 31.5. The molecule has 2 saturated heterocycles. The molecule has 4 N–H and O–H groups in total. The van der Waals surface area contributed by atoms with Crippen molar-refractivity contribution in [2.45, 2.75) is 57.3 Å². The van der Waals surface area contributed by atoms with Crippen LogP contribution in [-0.4, -0.2) is 104 Å². The summed E-state index contributed by atoms with van der Waals surface area (Å²) >= 11 is 0. The molecule has 4 aromatic carbocycles. The van der Waals surface area contributed by atoms with Gasteiger partial charge in [-0.05, 0) is 85.3 Å². The van der Waals surface area contributed by atoms with Crippen LogP contribution in [0.2, 0.25) is 0 Å². The fourth-order valence-electron chi connectivity index (χ4n) is 7.85. The van der Waals surface area contributed by atoms with Crippen LogP contribution in [-0.2, 0) is 28.6 Å². The van der Waals surface area contributed by atoms with Crippen molar-refractivity contribution in [3.8, 4) is 11.1 Å². The molecule has 2 heterocycles. The van der Waals surface area contributed by atoms with Crippen molar-refractivity contribution in [1.82, 2.24) is 15.6 Å². The summed E-state index contributed by atoms with van der Waals surface area (Å²) in [5, 5.41) is 13.5. The Morgan fingerprint density at radius 2 is 1.60 bits per heavy atom. The summed E-state index contributed by atoms with van der Waals surface area (Å²) in [4.78, 5) is 67.8. The number of carbonyl (C=O) groups excluding carboxylic acids is 5. The van der Waals surface area contributed by atoms with Crippen LogP contribution >= 0.6 is 0 Å². The normalized spacial score (nSPS) is 16.6. The number of alkyl carbamates (subject to hydrolysis) is 1. The van der Waals surface area contributed by atoms with Gasteiger partial charge in [-0.3, -0.25) is 14.5 Å². The number of piperazine rings is 1. The Morgan fingerprint density at radius 1 is 0.903 bits per heavy atom. The second-order valence-corrected chi connectivity index (χ2v) is 16.4. The van der Waals surface area contributed by atoms with Gasteiger partial charge in [0.05, 0.1) is 37.1 Å². The molecule has 15 nitrogen and oxygen atoms in total. The monoisotopic (exact) mass is 850 g/mol. The van der Waals surface area contributed by atoms with E-state index in [9.17, 15) is 29.1 Å². The van der Waals surface area contributed by atoms with Gasteiger partial charge in [-0.1, -0.05) is 60.7 Å². The lowest BCUT2D eigenvalue weighted by Crippen LogP contribution is -2.49. The molecule has 0 bridgehead atoms. The molecular formula is C46H51FN6O9. The molecule has 7 rings (SSSR count). The fourth-order valence-corrected chi connectivity index (χ4v) is 7.85. The second kappa shape index (κ2) is 19.0. The zero-order valence-corrected chi connectivity index (χ0v) is 34.9. The van der Waals surface area contributed by atoms with Crippen LogP contribution in [0.3, 0.4) is 0 Å². The van der Waals surface area contributed by atoms with E-state index < -0.39 is 47.6 Å². The number of hydrogen-bond donors (Lipinski definition) is 4. The van der Waals surface area contributed by atoms with Crippen LogP contribution in [0.15, 0.2) is 91.0 Å². The van der Waals surface area contributed by atoms with E-state index in [1.54, 1.807) is 62.1 Å². The minimum absolute atomic E-state index is 0.0437. The van der Waals surface area contributed by atoms with E-state index in [2.05, 4.69) is 16.2 Å². The number of hydrazine groups is 1. The van der Waals surface area contributed by atoms with Crippen LogP contribution in [0, 0.1) is 5.82 Å². The van der Waals surface area contributed by atoms with Gasteiger partial charge in [0.1, 0.15) is 24.1 Å². The number of nitrogens with one attached hydrogen (secondary N) is 3. The third kappa shape index (κ3) is 10.5. The largest absolute Gasteiger partial charge is 0.459 e. The molecule has 1 aliphatic carbocycles. The molecule has 3 aliphatic rings. The lowest BCUT2D eigenvalue weighted by atomic mass is 9.98. The van der Waals surface area contributed by atoms with Crippen LogP contribution in [0.25, 0.3) is 11.1 Å². The molecule has 16 heteroatoms. The van der Waals surface area contributed by atoms with Crippen molar-refractivity contribution in [3.63, 3.8) is 0 Å². The zero-order chi connectivity index (χ0) is 44.0. The number of benzene rings is 4. The van der Waals surface area contributed by atoms with E-state index in [4.69, 9.17) is 14.2 Å². The van der Waals surface area contributed by atoms with Crippen molar-refractivity contribution in [2.24, 2.45) is 0 Å². The van der Waals surface area contributed by atoms with E-state index in [0.717, 1.165) is 22.3 Å². The first-order chi connectivity index (χ1) is 29.7. The first-order valence-electron chi connectivity index (χ1n) is 20.7. The Hall–Kier alpha value is -6.52. The second-order valence-electron chi connectivity index (χ2n) is 16.4. The Labute approximate surface area is 359 Å². The number of nitrogens with zero attached hydrogens (tertiary/aromatic N) is 3. The maximum Gasteiger partial charge on any atom is 0.414 e. The summed E-state index contributed by atoms with van der Waals surface area (Å²) in [6.45, 7) is 6.61. The highest BCUT2D eigenvalue weighted by Crippen LogP contribution is 2.44. The lowest BCUT2D eigenvalue weighted by molar-refractivity contribution is -0.153. The van der Waals surface area contributed by atoms with E-state index in [1.807, 2.05) is 53.4 Å². The van der Waals surface area contributed by atoms with Crippen molar-refractivity contribution in [1.29, 1.82) is 0 Å². The Bertz CT molecular complexity index is 2260. The maximum atomic E-state index is 15.4. The summed E-state index contributed by atoms with van der Waals surface area (Å²) in [7, 11) is 0. The number of esters is 1. The number of Topliss-reactive ketones (excluding diaryl/α,β-unsaturated/α-hetero) is 1. The van der Waals surface area contributed by atoms with Crippen molar-refractivity contribution in [2.75, 3.05) is 67.6 Å². The number of halogens is 1. The van der Waals surface area contributed by atoms with Gasteiger partial charge in [-0.15, -0.1) is 0 Å². The first-order valence-corrected chi connectivity index (χ1v) is 20.7. The van der Waals surface area contributed by atoms with Crippen LogP contribution in [0.1, 0.15) is 62.3 Å². The number of aliphatic hydroxyl groups excluding tert-OH is 1. The molecule has 62 heavy (non-hydrogen) atoms. The number of cyclic esters (lactones) is 1. The van der Waals surface area contributed by atoms with Crippen LogP contribution < -0.4 is 26.0 Å². The first kappa shape index (κ1) is 43.6. The van der Waals surface area contributed by atoms with Gasteiger partial charge >= 0.3 is 18.2 Å². The fraction of sp³-hybridized carbons (Fsp3) is 0.370. The molecule has 4 aromatic rings. The van der Waals surface area contributed by atoms with Crippen LogP contribution in [0.5, 0.6) is 0 Å². The number of rotatable bonds is 15. The predicted molar refractivity (Wildman–Crippen MR) is 229 cm³/mol. The van der Waals surface area contributed by atoms with E-state index in [0.29, 0.717) is 48.8 Å². The molecule has 0 spiro atoms. The number of carbonyl (C=O) groups is 5. The van der Waals surface area contributed by atoms with Gasteiger partial charge in [0, 0.05) is 44.2 Å². The molecule has 3 amide bonds. The van der Waals surface area contributed by atoms with Gasteiger partial charge in [0.25, 0.3) is 5.78 Å². The molecule has 0 radical (unpaired) electrons. The van der Waals surface area contributed by atoms with E-state index in [1.165, 1.54) is 11.0 Å². The number of ketones is 1. The summed E-state index contributed by atoms with van der Waals surface area (Å²) in [6.07, 6.45) is -2.59. The summed E-state index contributed by atoms with van der Waals surface area (Å²) in [6, 6.07) is 27.3. The third-order valence-electron chi connectivity index (χ3n) is 10.9. The van der Waals surface area contributed by atoms with Crippen molar-refractivity contribution < 1.29 is 47.7 Å². The summed E-state index contributed by atoms with van der Waals surface area (Å²) in [5.74, 6) is -2.50. The molecule has 0 saturated carbocycles. The SMILES string of the molecule is CC(C)(C)OC(=O)NC[C@H]1CN(c2ccc(N3CCN(C(=O)CCC(O)c4cccc(NNCC(=O)C(=O)OCC5c6ccccc6-c6ccccc65)c4)CC3)c(F)c2)C(=O)O1. The quantitative estimate of drug-likeness (QED) is 0.0499. The minimum atomic E-state index is -0.943. The van der Waals surface area contributed by atoms with Crippen LogP contribution in [0.4, 0.5) is 31.0 Å². The average molecular weight is 851 g/mol. The average Bonchev–Trinajstić information content (AvgIpc) is 3.80. The number of hydrogen-bond acceptors (Lipinski definition) is 12. The van der Waals surface area contributed by atoms with Gasteiger partial charge in [-0.2, -0.15) is 0 Å². The third-order valence-corrected chi connectivity index (χ3v) is 10.9. The zero-order valence-electron chi connectivity index (χ0n) is 34.9. The smallest absolute Gasteiger partial charge is 0.414 e. The molecule has 0 aromatic heterocycles. The Kier molecular flexibility index (Phi) is 13.4. The molecule has 2 aliphatic heterocycles. The molecular weight excluding hydrogens is 800 g/mol. The number of anilines is 3. The predicted octanol–water partition coefficient (Wildman–Crippen LogP) is 5.68. The summed E-state index contributed by atoms with van der Waals surface area (Å²) in [5.41, 5.74) is 11.0.